The number of benzene rings is 3. The highest BCUT2D eigenvalue weighted by atomic mass is 35.5. The third kappa shape index (κ3) is 4.92. The van der Waals surface area contributed by atoms with E-state index in [9.17, 15) is 4.79 Å². The Bertz CT molecular complexity index is 1210. The number of nitrogens with zero attached hydrogens (tertiary/aromatic N) is 2. The van der Waals surface area contributed by atoms with Crippen LogP contribution >= 0.6 is 23.2 Å². The summed E-state index contributed by atoms with van der Waals surface area (Å²) in [7, 11) is 0. The third-order valence-corrected chi connectivity index (χ3v) is 6.10. The van der Waals surface area contributed by atoms with Gasteiger partial charge in [-0.3, -0.25) is 4.79 Å². The first-order valence-electron chi connectivity index (χ1n) is 10.2. The highest BCUT2D eigenvalue weighted by molar-refractivity contribution is 6.36. The first-order chi connectivity index (χ1) is 15.0. The van der Waals surface area contributed by atoms with Crippen molar-refractivity contribution in [3.8, 4) is 0 Å². The largest absolute Gasteiger partial charge is 0.355 e. The van der Waals surface area contributed by atoms with Crippen molar-refractivity contribution in [1.29, 1.82) is 0 Å². The summed E-state index contributed by atoms with van der Waals surface area (Å²) in [5, 5.41) is 4.28. The normalized spacial score (nSPS) is 11.1. The van der Waals surface area contributed by atoms with Crippen LogP contribution in [0, 0.1) is 6.92 Å². The van der Waals surface area contributed by atoms with Crippen LogP contribution in [-0.4, -0.2) is 22.0 Å². The Morgan fingerprint density at radius 3 is 2.45 bits per heavy atom. The number of carbonyl (C=O) groups is 1. The molecule has 3 aromatic carbocycles. The molecule has 4 aromatic rings. The van der Waals surface area contributed by atoms with Gasteiger partial charge in [0.1, 0.15) is 5.82 Å². The zero-order chi connectivity index (χ0) is 21.8. The number of halogens is 2. The molecule has 0 aliphatic heterocycles. The van der Waals surface area contributed by atoms with E-state index in [1.165, 1.54) is 0 Å². The Kier molecular flexibility index (Phi) is 6.59. The van der Waals surface area contributed by atoms with Crippen molar-refractivity contribution < 1.29 is 4.79 Å². The summed E-state index contributed by atoms with van der Waals surface area (Å²) in [5.74, 6) is 0.888. The number of rotatable bonds is 7. The van der Waals surface area contributed by atoms with E-state index in [-0.39, 0.29) is 5.91 Å². The van der Waals surface area contributed by atoms with Crippen LogP contribution in [-0.2, 0) is 24.2 Å². The van der Waals surface area contributed by atoms with E-state index < -0.39 is 0 Å². The topological polar surface area (TPSA) is 46.9 Å². The summed E-state index contributed by atoms with van der Waals surface area (Å²) in [6.45, 7) is 3.04. The maximum absolute atomic E-state index is 12.4. The first-order valence-corrected chi connectivity index (χ1v) is 11.0. The van der Waals surface area contributed by atoms with Gasteiger partial charge in [-0.25, -0.2) is 4.98 Å². The molecule has 0 atom stereocenters. The molecule has 0 saturated carbocycles. The van der Waals surface area contributed by atoms with Gasteiger partial charge in [-0.2, -0.15) is 0 Å². The number of para-hydroxylation sites is 2. The number of hydrogen-bond donors (Lipinski definition) is 1. The first kappa shape index (κ1) is 21.4. The Morgan fingerprint density at radius 1 is 0.968 bits per heavy atom. The van der Waals surface area contributed by atoms with Gasteiger partial charge in [-0.15, -0.1) is 0 Å². The third-order valence-electron chi connectivity index (χ3n) is 5.39. The molecule has 4 rings (SSSR count). The van der Waals surface area contributed by atoms with Crippen LogP contribution in [0.3, 0.4) is 0 Å². The number of carbonyl (C=O) groups excluding carboxylic acids is 1. The summed E-state index contributed by atoms with van der Waals surface area (Å²) < 4.78 is 2.12. The molecule has 1 N–H and O–H groups in total. The van der Waals surface area contributed by atoms with Crippen LogP contribution in [0.4, 0.5) is 0 Å². The average molecular weight is 452 g/mol. The van der Waals surface area contributed by atoms with E-state index in [1.807, 2.05) is 73.7 Å². The lowest BCUT2D eigenvalue weighted by atomic mass is 10.1. The Balaban J connectivity index is 1.51. The van der Waals surface area contributed by atoms with E-state index in [0.717, 1.165) is 33.5 Å². The Labute approximate surface area is 191 Å². The van der Waals surface area contributed by atoms with Crippen molar-refractivity contribution in [3.63, 3.8) is 0 Å². The number of nitrogens with one attached hydrogen (secondary N) is 1. The quantitative estimate of drug-likeness (QED) is 0.397. The van der Waals surface area contributed by atoms with Crippen LogP contribution < -0.4 is 5.32 Å². The molecule has 0 bridgehead atoms. The second-order valence-electron chi connectivity index (χ2n) is 7.51. The lowest BCUT2D eigenvalue weighted by Gasteiger charge is -2.13. The average Bonchev–Trinajstić information content (AvgIpc) is 3.10. The number of fused-ring (bicyclic) bond motifs is 1. The maximum Gasteiger partial charge on any atom is 0.224 e. The molecule has 1 heterocycles. The van der Waals surface area contributed by atoms with Crippen LogP contribution in [0.2, 0.25) is 10.0 Å². The minimum absolute atomic E-state index is 0.00566. The lowest BCUT2D eigenvalue weighted by molar-refractivity contribution is -0.120. The second kappa shape index (κ2) is 9.54. The lowest BCUT2D eigenvalue weighted by Crippen LogP contribution is -2.28. The molecular weight excluding hydrogens is 429 g/mol. The zero-order valence-corrected chi connectivity index (χ0v) is 18.7. The SMILES string of the molecule is Cc1ccccc1CC(=O)NCCc1nc2ccccc2n1Cc1c(Cl)cccc1Cl. The fourth-order valence-corrected chi connectivity index (χ4v) is 4.21. The van der Waals surface area contributed by atoms with Crippen LogP contribution in [0.1, 0.15) is 22.5 Å². The summed E-state index contributed by atoms with van der Waals surface area (Å²) in [4.78, 5) is 17.2. The van der Waals surface area contributed by atoms with Gasteiger partial charge in [0.05, 0.1) is 24.0 Å². The molecule has 0 saturated heterocycles. The number of amides is 1. The van der Waals surface area contributed by atoms with Gasteiger partial charge in [0.25, 0.3) is 0 Å². The molecule has 4 nitrogen and oxygen atoms in total. The number of imidazole rings is 1. The molecule has 0 spiro atoms. The van der Waals surface area contributed by atoms with Crippen LogP contribution in [0.25, 0.3) is 11.0 Å². The van der Waals surface area contributed by atoms with Crippen molar-refractivity contribution in [1.82, 2.24) is 14.9 Å². The monoisotopic (exact) mass is 451 g/mol. The fourth-order valence-electron chi connectivity index (χ4n) is 3.69. The molecule has 0 aliphatic carbocycles. The number of aryl methyl sites for hydroxylation is 1. The highest BCUT2D eigenvalue weighted by Crippen LogP contribution is 2.27. The van der Waals surface area contributed by atoms with Gasteiger partial charge >= 0.3 is 0 Å². The van der Waals surface area contributed by atoms with Crippen molar-refractivity contribution in [2.75, 3.05) is 6.54 Å². The smallest absolute Gasteiger partial charge is 0.224 e. The van der Waals surface area contributed by atoms with Crippen molar-refractivity contribution in [3.05, 3.63) is 99.3 Å². The highest BCUT2D eigenvalue weighted by Gasteiger charge is 2.14. The zero-order valence-electron chi connectivity index (χ0n) is 17.2. The Morgan fingerprint density at radius 2 is 1.68 bits per heavy atom. The fraction of sp³-hybridized carbons (Fsp3) is 0.200. The Hall–Kier alpha value is -2.82. The molecule has 158 valence electrons. The second-order valence-corrected chi connectivity index (χ2v) is 8.32. The molecular formula is C25H23Cl2N3O. The number of aromatic nitrogens is 2. The molecule has 1 amide bonds. The molecule has 0 fully saturated rings. The van der Waals surface area contributed by atoms with Gasteiger partial charge < -0.3 is 9.88 Å². The summed E-state index contributed by atoms with van der Waals surface area (Å²) in [5.41, 5.74) is 4.95. The predicted octanol–water partition coefficient (Wildman–Crippen LogP) is 5.60. The van der Waals surface area contributed by atoms with E-state index >= 15 is 0 Å². The predicted molar refractivity (Wildman–Crippen MR) is 127 cm³/mol. The molecule has 0 unspecified atom stereocenters. The van der Waals surface area contributed by atoms with Gasteiger partial charge in [-0.1, -0.05) is 65.7 Å². The van der Waals surface area contributed by atoms with Crippen LogP contribution in [0.15, 0.2) is 66.7 Å². The van der Waals surface area contributed by atoms with E-state index in [1.54, 1.807) is 0 Å². The van der Waals surface area contributed by atoms with Crippen molar-refractivity contribution in [2.45, 2.75) is 26.3 Å². The summed E-state index contributed by atoms with van der Waals surface area (Å²) in [6, 6.07) is 21.4. The van der Waals surface area contributed by atoms with Gasteiger partial charge in [0.15, 0.2) is 0 Å². The van der Waals surface area contributed by atoms with Gasteiger partial charge in [0, 0.05) is 28.6 Å². The molecule has 1 aromatic heterocycles. The molecule has 31 heavy (non-hydrogen) atoms. The summed E-state index contributed by atoms with van der Waals surface area (Å²) in [6.07, 6.45) is 0.981. The maximum atomic E-state index is 12.4. The van der Waals surface area contributed by atoms with E-state index in [2.05, 4.69) is 9.88 Å². The minimum atomic E-state index is 0.00566. The number of hydrogen-bond acceptors (Lipinski definition) is 2. The minimum Gasteiger partial charge on any atom is -0.355 e. The molecule has 0 aliphatic rings. The summed E-state index contributed by atoms with van der Waals surface area (Å²) >= 11 is 12.8. The van der Waals surface area contributed by atoms with E-state index in [0.29, 0.717) is 36.0 Å². The van der Waals surface area contributed by atoms with Gasteiger partial charge in [-0.05, 0) is 42.3 Å². The van der Waals surface area contributed by atoms with Gasteiger partial charge in [0.2, 0.25) is 5.91 Å². The molecule has 6 heteroatoms. The van der Waals surface area contributed by atoms with Crippen LogP contribution in [0.5, 0.6) is 0 Å². The molecule has 0 radical (unpaired) electrons. The van der Waals surface area contributed by atoms with Crippen molar-refractivity contribution in [2.24, 2.45) is 0 Å². The standard InChI is InChI=1S/C25H23Cl2N3O/c1-17-7-2-3-8-18(17)15-25(31)28-14-13-24-29-22-11-4-5-12-23(22)30(24)16-19-20(26)9-6-10-21(19)27/h2-12H,13-16H2,1H3,(H,28,31). The van der Waals surface area contributed by atoms with Crippen molar-refractivity contribution >= 4 is 40.1 Å². The van der Waals surface area contributed by atoms with E-state index in [4.69, 9.17) is 28.2 Å².